The monoisotopic (exact) mass is 339 g/mol. The van der Waals surface area contributed by atoms with Crippen molar-refractivity contribution in [2.24, 2.45) is 0 Å². The van der Waals surface area contributed by atoms with E-state index in [1.165, 1.54) is 11.8 Å². The van der Waals surface area contributed by atoms with E-state index in [9.17, 15) is 9.59 Å². The van der Waals surface area contributed by atoms with Gasteiger partial charge in [0.25, 0.3) is 0 Å². The molecule has 0 atom stereocenters. The molecular formula is C19H21N3O3. The molecule has 2 heterocycles. The minimum absolute atomic E-state index is 0.0340. The van der Waals surface area contributed by atoms with E-state index < -0.39 is 11.7 Å². The number of hydrogen-bond donors (Lipinski definition) is 1. The lowest BCUT2D eigenvalue weighted by Crippen LogP contribution is -2.34. The highest BCUT2D eigenvalue weighted by Crippen LogP contribution is 2.38. The van der Waals surface area contributed by atoms with Gasteiger partial charge >= 0.3 is 6.09 Å². The van der Waals surface area contributed by atoms with Crippen LogP contribution < -0.4 is 10.2 Å². The number of amides is 1. The van der Waals surface area contributed by atoms with Gasteiger partial charge in [-0.25, -0.2) is 14.7 Å². The van der Waals surface area contributed by atoms with E-state index in [1.807, 2.05) is 32.9 Å². The second-order valence-electron chi connectivity index (χ2n) is 6.94. The van der Waals surface area contributed by atoms with Crippen molar-refractivity contribution >= 4 is 29.1 Å². The third-order valence-electron chi connectivity index (χ3n) is 3.77. The van der Waals surface area contributed by atoms with Crippen LogP contribution in [0, 0.1) is 0 Å². The van der Waals surface area contributed by atoms with E-state index in [-0.39, 0.29) is 5.78 Å². The molecule has 0 spiro atoms. The average molecular weight is 339 g/mol. The Bertz CT molecular complexity index is 840. The predicted molar refractivity (Wildman–Crippen MR) is 96.4 cm³/mol. The van der Waals surface area contributed by atoms with Crippen molar-refractivity contribution in [2.75, 3.05) is 10.2 Å². The minimum Gasteiger partial charge on any atom is -0.443 e. The van der Waals surface area contributed by atoms with Crippen molar-refractivity contribution in [2.45, 2.75) is 39.8 Å². The van der Waals surface area contributed by atoms with Crippen LogP contribution in [0.25, 0.3) is 0 Å². The molecule has 1 aromatic heterocycles. The number of benzene rings is 1. The molecular weight excluding hydrogens is 318 g/mol. The maximum absolute atomic E-state index is 12.9. The number of fused-ring (bicyclic) bond motifs is 2. The molecule has 6 heteroatoms. The topological polar surface area (TPSA) is 71.5 Å². The van der Waals surface area contributed by atoms with Crippen LogP contribution in [0.3, 0.4) is 0 Å². The van der Waals surface area contributed by atoms with Gasteiger partial charge in [-0.05, 0) is 52.0 Å². The summed E-state index contributed by atoms with van der Waals surface area (Å²) < 4.78 is 5.58. The number of rotatable bonds is 1. The minimum atomic E-state index is -0.634. The first-order chi connectivity index (χ1) is 11.8. The fourth-order valence-corrected chi connectivity index (χ4v) is 2.66. The van der Waals surface area contributed by atoms with E-state index in [4.69, 9.17) is 4.74 Å². The Labute approximate surface area is 146 Å². The number of aromatic nitrogens is 1. The summed E-state index contributed by atoms with van der Waals surface area (Å²) in [4.78, 5) is 30.4. The van der Waals surface area contributed by atoms with Gasteiger partial charge in [0.1, 0.15) is 11.4 Å². The van der Waals surface area contributed by atoms with Crippen molar-refractivity contribution < 1.29 is 14.3 Å². The average Bonchev–Trinajstić information content (AvgIpc) is 2.69. The Morgan fingerprint density at radius 1 is 1.24 bits per heavy atom. The number of ether oxygens (including phenoxy) is 1. The maximum atomic E-state index is 12.9. The van der Waals surface area contributed by atoms with E-state index in [1.54, 1.807) is 24.4 Å². The predicted octanol–water partition coefficient (Wildman–Crippen LogP) is 4.28. The Morgan fingerprint density at radius 2 is 2.00 bits per heavy atom. The fraction of sp³-hybridized carbons (Fsp3) is 0.316. The first kappa shape index (κ1) is 17.0. The highest BCUT2D eigenvalue weighted by atomic mass is 16.6. The van der Waals surface area contributed by atoms with Crippen molar-refractivity contribution in [1.82, 2.24) is 4.98 Å². The number of carbonyl (C=O) groups excluding carboxylic acids is 2. The van der Waals surface area contributed by atoms with Crippen LogP contribution in [0.5, 0.6) is 0 Å². The number of hydrogen-bond acceptors (Lipinski definition) is 5. The summed E-state index contributed by atoms with van der Waals surface area (Å²) in [5, 5.41) is 3.28. The van der Waals surface area contributed by atoms with E-state index >= 15 is 0 Å². The van der Waals surface area contributed by atoms with Gasteiger partial charge in [-0.3, -0.25) is 4.79 Å². The van der Waals surface area contributed by atoms with Crippen molar-refractivity contribution in [3.8, 4) is 0 Å². The number of anilines is 3. The molecule has 0 radical (unpaired) electrons. The number of Topliss-reactive ketones (excluding diaryl/α,β-unsaturated/α-hetero) is 1. The molecule has 0 bridgehead atoms. The molecule has 2 aromatic rings. The molecule has 0 fully saturated rings. The van der Waals surface area contributed by atoms with Crippen LogP contribution in [0.15, 0.2) is 36.5 Å². The lowest BCUT2D eigenvalue weighted by Gasteiger charge is -2.27. The Morgan fingerprint density at radius 3 is 2.68 bits per heavy atom. The van der Waals surface area contributed by atoms with E-state index in [0.717, 1.165) is 5.56 Å². The Balaban J connectivity index is 2.14. The second kappa shape index (κ2) is 6.20. The van der Waals surface area contributed by atoms with E-state index in [2.05, 4.69) is 10.3 Å². The number of carbonyl (C=O) groups is 2. The van der Waals surface area contributed by atoms with Crippen LogP contribution in [-0.2, 0) is 11.3 Å². The Hall–Kier alpha value is -2.89. The van der Waals surface area contributed by atoms with Gasteiger partial charge in [-0.2, -0.15) is 0 Å². The fourth-order valence-electron chi connectivity index (χ4n) is 2.66. The zero-order valence-corrected chi connectivity index (χ0v) is 14.8. The number of nitrogens with one attached hydrogen (secondary N) is 1. The van der Waals surface area contributed by atoms with Gasteiger partial charge in [-0.15, -0.1) is 0 Å². The third kappa shape index (κ3) is 3.47. The van der Waals surface area contributed by atoms with Crippen LogP contribution >= 0.6 is 0 Å². The first-order valence-corrected chi connectivity index (χ1v) is 8.12. The lowest BCUT2D eigenvalue weighted by molar-refractivity contribution is 0.0598. The molecule has 1 aliphatic rings. The SMILES string of the molecule is CC(=O)c1ccc2c(c1)NCc1cccnc1N2C(=O)OC(C)(C)C. The van der Waals surface area contributed by atoms with Gasteiger partial charge in [0.2, 0.25) is 0 Å². The number of nitrogens with zero attached hydrogens (tertiary/aromatic N) is 2. The highest BCUT2D eigenvalue weighted by molar-refractivity contribution is 6.02. The smallest absolute Gasteiger partial charge is 0.420 e. The molecule has 3 rings (SSSR count). The van der Waals surface area contributed by atoms with Gasteiger partial charge < -0.3 is 10.1 Å². The highest BCUT2D eigenvalue weighted by Gasteiger charge is 2.31. The molecule has 1 amide bonds. The summed E-state index contributed by atoms with van der Waals surface area (Å²) >= 11 is 0. The largest absolute Gasteiger partial charge is 0.443 e. The van der Waals surface area contributed by atoms with Crippen LogP contribution in [0.2, 0.25) is 0 Å². The van der Waals surface area contributed by atoms with Crippen LogP contribution in [0.4, 0.5) is 22.0 Å². The molecule has 1 N–H and O–H groups in total. The first-order valence-electron chi connectivity index (χ1n) is 8.12. The summed E-state index contributed by atoms with van der Waals surface area (Å²) in [5.41, 5.74) is 2.11. The molecule has 0 unspecified atom stereocenters. The summed E-state index contributed by atoms with van der Waals surface area (Å²) in [6, 6.07) is 8.93. The van der Waals surface area contributed by atoms with Gasteiger partial charge in [0, 0.05) is 23.9 Å². The molecule has 1 aromatic carbocycles. The zero-order valence-electron chi connectivity index (χ0n) is 14.8. The quantitative estimate of drug-likeness (QED) is 0.785. The molecule has 0 aliphatic carbocycles. The molecule has 1 aliphatic heterocycles. The standard InChI is InChI=1S/C19H21N3O3/c1-12(23)13-7-8-16-15(10-13)21-11-14-6-5-9-20-17(14)22(16)18(24)25-19(2,3)4/h5-10,21H,11H2,1-4H3. The second-order valence-corrected chi connectivity index (χ2v) is 6.94. The third-order valence-corrected chi connectivity index (χ3v) is 3.77. The number of pyridine rings is 1. The molecule has 0 saturated carbocycles. The summed E-state index contributed by atoms with van der Waals surface area (Å²) in [5.74, 6) is 0.492. The molecule has 130 valence electrons. The maximum Gasteiger partial charge on any atom is 0.420 e. The zero-order chi connectivity index (χ0) is 18.2. The van der Waals surface area contributed by atoms with Crippen molar-refractivity contribution in [3.05, 3.63) is 47.7 Å². The normalized spacial score (nSPS) is 13.2. The molecule has 0 saturated heterocycles. The van der Waals surface area contributed by atoms with Gasteiger partial charge in [0.15, 0.2) is 5.78 Å². The Kier molecular flexibility index (Phi) is 4.20. The van der Waals surface area contributed by atoms with Crippen molar-refractivity contribution in [1.29, 1.82) is 0 Å². The summed E-state index contributed by atoms with van der Waals surface area (Å²) in [6.07, 6.45) is 1.14. The van der Waals surface area contributed by atoms with Crippen LogP contribution in [-0.4, -0.2) is 22.5 Å². The van der Waals surface area contributed by atoms with E-state index in [0.29, 0.717) is 29.3 Å². The summed E-state index contributed by atoms with van der Waals surface area (Å²) in [6.45, 7) is 7.47. The molecule has 6 nitrogen and oxygen atoms in total. The summed E-state index contributed by atoms with van der Waals surface area (Å²) in [7, 11) is 0. The van der Waals surface area contributed by atoms with Crippen LogP contribution in [0.1, 0.15) is 43.6 Å². The molecule has 25 heavy (non-hydrogen) atoms. The number of ketones is 1. The van der Waals surface area contributed by atoms with Gasteiger partial charge in [-0.1, -0.05) is 6.07 Å². The lowest BCUT2D eigenvalue weighted by atomic mass is 10.1. The van der Waals surface area contributed by atoms with Gasteiger partial charge in [0.05, 0.1) is 11.4 Å². The van der Waals surface area contributed by atoms with Crippen molar-refractivity contribution in [3.63, 3.8) is 0 Å².